The molecule has 0 atom stereocenters. The van der Waals surface area contributed by atoms with Crippen LogP contribution in [-0.2, 0) is 13.0 Å². The molecule has 0 fully saturated rings. The molecule has 3 rings (SSSR count). The zero-order valence-corrected chi connectivity index (χ0v) is 14.1. The van der Waals surface area contributed by atoms with Gasteiger partial charge in [-0.05, 0) is 25.0 Å². The number of carbonyl (C=O) groups is 1. The fourth-order valence-electron chi connectivity index (χ4n) is 2.98. The van der Waals surface area contributed by atoms with Crippen LogP contribution in [0.15, 0.2) is 18.3 Å². The highest BCUT2D eigenvalue weighted by molar-refractivity contribution is 6.06. The summed E-state index contributed by atoms with van der Waals surface area (Å²) < 4.78 is 18.0. The SMILES string of the molecule is COc1ccc(C(=O)Nc2cnc3n2CCCC3)c(OC)c1OC. The number of anilines is 1. The van der Waals surface area contributed by atoms with Crippen molar-refractivity contribution in [2.75, 3.05) is 26.6 Å². The predicted octanol–water partition coefficient (Wildman–Crippen LogP) is 2.50. The van der Waals surface area contributed by atoms with Gasteiger partial charge in [0.25, 0.3) is 5.91 Å². The summed E-state index contributed by atoms with van der Waals surface area (Å²) in [5.41, 5.74) is 0.376. The maximum absolute atomic E-state index is 12.7. The Morgan fingerprint density at radius 2 is 1.92 bits per heavy atom. The zero-order chi connectivity index (χ0) is 17.1. The molecule has 7 nitrogen and oxygen atoms in total. The maximum Gasteiger partial charge on any atom is 0.260 e. The van der Waals surface area contributed by atoms with Gasteiger partial charge in [-0.25, -0.2) is 4.98 Å². The first-order chi connectivity index (χ1) is 11.7. The van der Waals surface area contributed by atoms with Crippen molar-refractivity contribution in [1.82, 2.24) is 9.55 Å². The zero-order valence-electron chi connectivity index (χ0n) is 14.1. The van der Waals surface area contributed by atoms with Crippen LogP contribution in [0.3, 0.4) is 0 Å². The van der Waals surface area contributed by atoms with Crippen LogP contribution in [0.25, 0.3) is 0 Å². The molecule has 1 amide bonds. The van der Waals surface area contributed by atoms with Crippen LogP contribution in [-0.4, -0.2) is 36.8 Å². The normalized spacial score (nSPS) is 13.1. The second kappa shape index (κ2) is 6.82. The Morgan fingerprint density at radius 1 is 1.12 bits per heavy atom. The Bertz CT molecular complexity index is 755. The minimum atomic E-state index is -0.277. The van der Waals surface area contributed by atoms with Crippen LogP contribution in [0.5, 0.6) is 17.2 Å². The fourth-order valence-corrected chi connectivity index (χ4v) is 2.98. The lowest BCUT2D eigenvalue weighted by atomic mass is 10.1. The number of rotatable bonds is 5. The highest BCUT2D eigenvalue weighted by Gasteiger charge is 2.22. The van der Waals surface area contributed by atoms with Gasteiger partial charge in [-0.1, -0.05) is 0 Å². The lowest BCUT2D eigenvalue weighted by Gasteiger charge is -2.18. The summed E-state index contributed by atoms with van der Waals surface area (Å²) >= 11 is 0. The lowest BCUT2D eigenvalue weighted by Crippen LogP contribution is -2.19. The van der Waals surface area contributed by atoms with Crippen LogP contribution in [0, 0.1) is 0 Å². The van der Waals surface area contributed by atoms with Crippen LogP contribution in [0.2, 0.25) is 0 Å². The second-order valence-electron chi connectivity index (χ2n) is 5.50. The number of nitrogens with zero attached hydrogens (tertiary/aromatic N) is 2. The van der Waals surface area contributed by atoms with Gasteiger partial charge in [0.1, 0.15) is 11.6 Å². The third kappa shape index (κ3) is 2.77. The number of imidazole rings is 1. The first-order valence-electron chi connectivity index (χ1n) is 7.84. The fraction of sp³-hybridized carbons (Fsp3) is 0.412. The summed E-state index contributed by atoms with van der Waals surface area (Å²) in [6.45, 7) is 0.869. The van der Waals surface area contributed by atoms with Crippen LogP contribution >= 0.6 is 0 Å². The minimum Gasteiger partial charge on any atom is -0.493 e. The molecule has 128 valence electrons. The van der Waals surface area contributed by atoms with Crippen molar-refractivity contribution in [3.63, 3.8) is 0 Å². The molecular weight excluding hydrogens is 310 g/mol. The standard InChI is InChI=1S/C17H21N3O4/c1-22-12-8-7-11(15(23-2)16(12)24-3)17(21)19-14-10-18-13-6-4-5-9-20(13)14/h7-8,10H,4-6,9H2,1-3H3,(H,19,21). The molecule has 1 N–H and O–H groups in total. The van der Waals surface area contributed by atoms with Crippen LogP contribution in [0.4, 0.5) is 5.82 Å². The smallest absolute Gasteiger partial charge is 0.260 e. The minimum absolute atomic E-state index is 0.277. The quantitative estimate of drug-likeness (QED) is 0.911. The average Bonchev–Trinajstić information content (AvgIpc) is 3.03. The summed E-state index contributed by atoms with van der Waals surface area (Å²) in [6.07, 6.45) is 4.86. The number of fused-ring (bicyclic) bond motifs is 1. The summed E-state index contributed by atoms with van der Waals surface area (Å²) in [7, 11) is 4.54. The average molecular weight is 331 g/mol. The number of amides is 1. The number of aryl methyl sites for hydroxylation is 1. The number of carbonyl (C=O) groups excluding carboxylic acids is 1. The summed E-state index contributed by atoms with van der Waals surface area (Å²) in [5, 5.41) is 2.92. The van der Waals surface area contributed by atoms with E-state index in [0.29, 0.717) is 28.6 Å². The molecule has 0 spiro atoms. The number of aromatic nitrogens is 2. The van der Waals surface area contributed by atoms with Gasteiger partial charge in [-0.2, -0.15) is 0 Å². The molecule has 0 saturated carbocycles. The molecule has 24 heavy (non-hydrogen) atoms. The van der Waals surface area contributed by atoms with E-state index in [1.165, 1.54) is 21.3 Å². The van der Waals surface area contributed by atoms with Gasteiger partial charge in [0.2, 0.25) is 5.75 Å². The third-order valence-electron chi connectivity index (χ3n) is 4.16. The van der Waals surface area contributed by atoms with Gasteiger partial charge in [0, 0.05) is 13.0 Å². The van der Waals surface area contributed by atoms with E-state index in [4.69, 9.17) is 14.2 Å². The summed E-state index contributed by atoms with van der Waals surface area (Å²) in [6, 6.07) is 3.34. The summed E-state index contributed by atoms with van der Waals surface area (Å²) in [4.78, 5) is 17.1. The van der Waals surface area contributed by atoms with E-state index >= 15 is 0 Å². The number of hydrogen-bond acceptors (Lipinski definition) is 5. The molecule has 1 aliphatic rings. The van der Waals surface area contributed by atoms with E-state index in [2.05, 4.69) is 14.9 Å². The van der Waals surface area contributed by atoms with Crippen molar-refractivity contribution in [3.8, 4) is 17.2 Å². The number of ether oxygens (including phenoxy) is 3. The van der Waals surface area contributed by atoms with E-state index in [1.807, 2.05) is 0 Å². The van der Waals surface area contributed by atoms with E-state index in [0.717, 1.165) is 31.6 Å². The monoisotopic (exact) mass is 331 g/mol. The van der Waals surface area contributed by atoms with E-state index in [-0.39, 0.29) is 5.91 Å². The largest absolute Gasteiger partial charge is 0.493 e. The van der Waals surface area contributed by atoms with Crippen molar-refractivity contribution in [2.24, 2.45) is 0 Å². The van der Waals surface area contributed by atoms with E-state index < -0.39 is 0 Å². The molecule has 2 aromatic rings. The van der Waals surface area contributed by atoms with Gasteiger partial charge in [-0.15, -0.1) is 0 Å². The number of methoxy groups -OCH3 is 3. The van der Waals surface area contributed by atoms with Gasteiger partial charge < -0.3 is 24.1 Å². The van der Waals surface area contributed by atoms with Crippen molar-refractivity contribution in [3.05, 3.63) is 29.7 Å². The predicted molar refractivity (Wildman–Crippen MR) is 89.2 cm³/mol. The highest BCUT2D eigenvalue weighted by atomic mass is 16.5. The molecule has 0 radical (unpaired) electrons. The van der Waals surface area contributed by atoms with Gasteiger partial charge in [0.05, 0.1) is 33.1 Å². The Kier molecular flexibility index (Phi) is 4.59. The molecule has 0 unspecified atom stereocenters. The lowest BCUT2D eigenvalue weighted by molar-refractivity contribution is 0.102. The van der Waals surface area contributed by atoms with Crippen molar-refractivity contribution in [2.45, 2.75) is 25.8 Å². The molecule has 1 aromatic heterocycles. The molecule has 7 heteroatoms. The Balaban J connectivity index is 1.91. The molecule has 1 aliphatic heterocycles. The van der Waals surface area contributed by atoms with Gasteiger partial charge in [-0.3, -0.25) is 4.79 Å². The molecule has 0 aliphatic carbocycles. The first kappa shape index (κ1) is 16.2. The number of hydrogen-bond donors (Lipinski definition) is 1. The molecule has 0 bridgehead atoms. The van der Waals surface area contributed by atoms with E-state index in [9.17, 15) is 4.79 Å². The molecule has 2 heterocycles. The van der Waals surface area contributed by atoms with E-state index in [1.54, 1.807) is 18.3 Å². The Hall–Kier alpha value is -2.70. The summed E-state index contributed by atoms with van der Waals surface area (Å²) in [5.74, 6) is 2.67. The first-order valence-corrected chi connectivity index (χ1v) is 7.84. The second-order valence-corrected chi connectivity index (χ2v) is 5.50. The molecule has 0 saturated heterocycles. The van der Waals surface area contributed by atoms with Gasteiger partial charge in [0.15, 0.2) is 11.5 Å². The number of nitrogens with one attached hydrogen (secondary N) is 1. The van der Waals surface area contributed by atoms with Crippen molar-refractivity contribution < 1.29 is 19.0 Å². The Labute approximate surface area is 140 Å². The van der Waals surface area contributed by atoms with Crippen molar-refractivity contribution in [1.29, 1.82) is 0 Å². The van der Waals surface area contributed by atoms with Gasteiger partial charge >= 0.3 is 0 Å². The topological polar surface area (TPSA) is 74.6 Å². The molecular formula is C17H21N3O4. The molecule has 1 aromatic carbocycles. The van der Waals surface area contributed by atoms with Crippen LogP contribution in [0.1, 0.15) is 29.0 Å². The maximum atomic E-state index is 12.7. The van der Waals surface area contributed by atoms with Crippen molar-refractivity contribution >= 4 is 11.7 Å². The third-order valence-corrected chi connectivity index (χ3v) is 4.16. The highest BCUT2D eigenvalue weighted by Crippen LogP contribution is 2.40. The number of benzene rings is 1. The van der Waals surface area contributed by atoms with Crippen LogP contribution < -0.4 is 19.5 Å². The Morgan fingerprint density at radius 3 is 2.62 bits per heavy atom.